The molecule has 1 aliphatic heterocycles. The Balaban J connectivity index is 1.98. The highest BCUT2D eigenvalue weighted by Crippen LogP contribution is 2.38. The van der Waals surface area contributed by atoms with E-state index in [1.165, 1.54) is 6.92 Å². The van der Waals surface area contributed by atoms with Gasteiger partial charge in [-0.25, -0.2) is 0 Å². The second kappa shape index (κ2) is 9.27. The smallest absolute Gasteiger partial charge is 0.234 e. The van der Waals surface area contributed by atoms with E-state index in [9.17, 15) is 9.59 Å². The molecule has 1 fully saturated rings. The van der Waals surface area contributed by atoms with Crippen molar-refractivity contribution < 1.29 is 19.1 Å². The summed E-state index contributed by atoms with van der Waals surface area (Å²) in [6, 6.07) is 5.89. The van der Waals surface area contributed by atoms with Gasteiger partial charge in [0.2, 0.25) is 11.8 Å². The third-order valence-corrected chi connectivity index (χ3v) is 4.33. The van der Waals surface area contributed by atoms with Crippen LogP contribution in [0.3, 0.4) is 0 Å². The number of methoxy groups -OCH3 is 2. The van der Waals surface area contributed by atoms with Gasteiger partial charge in [-0.1, -0.05) is 0 Å². The average Bonchev–Trinajstić information content (AvgIpc) is 3.05. The fourth-order valence-electron chi connectivity index (χ4n) is 3.15. The monoisotopic (exact) mass is 349 g/mol. The van der Waals surface area contributed by atoms with Gasteiger partial charge in [-0.3, -0.25) is 14.5 Å². The van der Waals surface area contributed by atoms with Crippen LogP contribution in [0.2, 0.25) is 0 Å². The minimum absolute atomic E-state index is 0.0425. The summed E-state index contributed by atoms with van der Waals surface area (Å²) in [7, 11) is 3.29. The highest BCUT2D eigenvalue weighted by Gasteiger charge is 2.30. The van der Waals surface area contributed by atoms with Crippen LogP contribution in [0.25, 0.3) is 0 Å². The van der Waals surface area contributed by atoms with Gasteiger partial charge in [0.25, 0.3) is 0 Å². The van der Waals surface area contributed by atoms with Gasteiger partial charge in [-0.2, -0.15) is 0 Å². The summed E-state index contributed by atoms with van der Waals surface area (Å²) in [4.78, 5) is 25.2. The number of hydrogen-bond donors (Lipinski definition) is 2. The highest BCUT2D eigenvalue weighted by atomic mass is 16.5. The minimum atomic E-state index is -0.0982. The van der Waals surface area contributed by atoms with Crippen LogP contribution in [-0.4, -0.2) is 57.1 Å². The molecule has 2 amide bonds. The highest BCUT2D eigenvalue weighted by molar-refractivity contribution is 5.78. The molecule has 2 N–H and O–H groups in total. The molecule has 0 unspecified atom stereocenters. The van der Waals surface area contributed by atoms with Gasteiger partial charge in [0.15, 0.2) is 0 Å². The number of nitrogens with one attached hydrogen (secondary N) is 2. The van der Waals surface area contributed by atoms with Crippen molar-refractivity contribution in [1.82, 2.24) is 15.5 Å². The van der Waals surface area contributed by atoms with Crippen molar-refractivity contribution in [2.75, 3.05) is 40.4 Å². The fraction of sp³-hybridized carbons (Fsp3) is 0.556. The van der Waals surface area contributed by atoms with Crippen LogP contribution in [0.5, 0.6) is 11.5 Å². The normalized spacial score (nSPS) is 17.2. The average molecular weight is 349 g/mol. The molecule has 7 nitrogen and oxygen atoms in total. The Hall–Kier alpha value is -2.28. The van der Waals surface area contributed by atoms with E-state index in [4.69, 9.17) is 9.47 Å². The number of benzene rings is 1. The molecule has 25 heavy (non-hydrogen) atoms. The van der Waals surface area contributed by atoms with Gasteiger partial charge in [-0.05, 0) is 37.6 Å². The van der Waals surface area contributed by atoms with Crippen molar-refractivity contribution >= 4 is 11.8 Å². The predicted octanol–water partition coefficient (Wildman–Crippen LogP) is 1.09. The number of carbonyl (C=O) groups is 2. The van der Waals surface area contributed by atoms with Crippen LogP contribution in [0.1, 0.15) is 31.4 Å². The second-order valence-corrected chi connectivity index (χ2v) is 6.07. The Bertz CT molecular complexity index is 606. The molecule has 1 aromatic rings. The Labute approximate surface area is 148 Å². The molecule has 0 bridgehead atoms. The number of amides is 2. The minimum Gasteiger partial charge on any atom is -0.497 e. The van der Waals surface area contributed by atoms with Crippen molar-refractivity contribution in [3.63, 3.8) is 0 Å². The van der Waals surface area contributed by atoms with E-state index in [0.29, 0.717) is 19.6 Å². The van der Waals surface area contributed by atoms with Crippen LogP contribution in [0, 0.1) is 0 Å². The summed E-state index contributed by atoms with van der Waals surface area (Å²) >= 11 is 0. The molecular weight excluding hydrogens is 322 g/mol. The van der Waals surface area contributed by atoms with Crippen LogP contribution in [0.15, 0.2) is 18.2 Å². The van der Waals surface area contributed by atoms with Crippen molar-refractivity contribution in [2.24, 2.45) is 0 Å². The maximum atomic E-state index is 12.2. The standard InChI is InChI=1S/C18H27N3O4/c1-13(22)19-8-9-20-18(23)12-21-10-4-5-16(21)15-11-14(24-2)6-7-17(15)25-3/h6-7,11,16H,4-5,8-10,12H2,1-3H3,(H,19,22)(H,20,23)/t16-/m1/s1. The van der Waals surface area contributed by atoms with Crippen molar-refractivity contribution in [1.29, 1.82) is 0 Å². The van der Waals surface area contributed by atoms with E-state index in [1.54, 1.807) is 14.2 Å². The topological polar surface area (TPSA) is 79.9 Å². The van der Waals surface area contributed by atoms with Gasteiger partial charge in [0.05, 0.1) is 20.8 Å². The van der Waals surface area contributed by atoms with Gasteiger partial charge < -0.3 is 20.1 Å². The number of nitrogens with zero attached hydrogens (tertiary/aromatic N) is 1. The van der Waals surface area contributed by atoms with Crippen molar-refractivity contribution in [2.45, 2.75) is 25.8 Å². The van der Waals surface area contributed by atoms with E-state index in [0.717, 1.165) is 36.4 Å². The first-order chi connectivity index (χ1) is 12.0. The lowest BCUT2D eigenvalue weighted by Crippen LogP contribution is -2.40. The van der Waals surface area contributed by atoms with Crippen LogP contribution < -0.4 is 20.1 Å². The molecule has 1 atom stereocenters. The van der Waals surface area contributed by atoms with Crippen LogP contribution in [-0.2, 0) is 9.59 Å². The molecule has 0 aliphatic carbocycles. The third kappa shape index (κ3) is 5.35. The summed E-state index contributed by atoms with van der Waals surface area (Å²) < 4.78 is 10.8. The Morgan fingerprint density at radius 2 is 1.96 bits per heavy atom. The summed E-state index contributed by atoms with van der Waals surface area (Å²) in [6.45, 7) is 3.51. The number of rotatable bonds is 8. The first-order valence-corrected chi connectivity index (χ1v) is 8.52. The first kappa shape index (κ1) is 19.1. The Kier molecular flexibility index (Phi) is 7.06. The van der Waals surface area contributed by atoms with Crippen LogP contribution >= 0.6 is 0 Å². The quantitative estimate of drug-likeness (QED) is 0.687. The predicted molar refractivity (Wildman–Crippen MR) is 94.8 cm³/mol. The van der Waals surface area contributed by atoms with E-state index in [1.807, 2.05) is 18.2 Å². The Morgan fingerprint density at radius 3 is 2.64 bits per heavy atom. The zero-order valence-electron chi connectivity index (χ0n) is 15.1. The lowest BCUT2D eigenvalue weighted by Gasteiger charge is -2.26. The van der Waals surface area contributed by atoms with Gasteiger partial charge in [0.1, 0.15) is 11.5 Å². The van der Waals surface area contributed by atoms with Crippen molar-refractivity contribution in [3.8, 4) is 11.5 Å². The number of ether oxygens (including phenoxy) is 2. The zero-order valence-corrected chi connectivity index (χ0v) is 15.1. The first-order valence-electron chi connectivity index (χ1n) is 8.52. The van der Waals surface area contributed by atoms with E-state index in [2.05, 4.69) is 15.5 Å². The molecule has 0 radical (unpaired) electrons. The molecular formula is C18H27N3O4. The second-order valence-electron chi connectivity index (χ2n) is 6.07. The molecule has 1 aromatic carbocycles. The number of likely N-dealkylation sites (tertiary alicyclic amines) is 1. The molecule has 1 heterocycles. The maximum absolute atomic E-state index is 12.2. The molecule has 7 heteroatoms. The number of carbonyl (C=O) groups excluding carboxylic acids is 2. The van der Waals surface area contributed by atoms with E-state index < -0.39 is 0 Å². The molecule has 0 spiro atoms. The summed E-state index contributed by atoms with van der Waals surface area (Å²) in [6.07, 6.45) is 2.01. The van der Waals surface area contributed by atoms with Gasteiger partial charge in [-0.15, -0.1) is 0 Å². The lowest BCUT2D eigenvalue weighted by atomic mass is 10.0. The van der Waals surface area contributed by atoms with Gasteiger partial charge >= 0.3 is 0 Å². The molecule has 138 valence electrons. The van der Waals surface area contributed by atoms with Crippen molar-refractivity contribution in [3.05, 3.63) is 23.8 Å². The van der Waals surface area contributed by atoms with Gasteiger partial charge in [0, 0.05) is 31.6 Å². The maximum Gasteiger partial charge on any atom is 0.234 e. The summed E-state index contributed by atoms with van der Waals surface area (Å²) in [5.74, 6) is 1.45. The SMILES string of the molecule is COc1ccc(OC)c([C@H]2CCCN2CC(=O)NCCNC(C)=O)c1. The summed E-state index contributed by atoms with van der Waals surface area (Å²) in [5.41, 5.74) is 1.05. The van der Waals surface area contributed by atoms with Crippen LogP contribution in [0.4, 0.5) is 0 Å². The van der Waals surface area contributed by atoms with E-state index >= 15 is 0 Å². The molecule has 0 aromatic heterocycles. The molecule has 1 saturated heterocycles. The Morgan fingerprint density at radius 1 is 1.20 bits per heavy atom. The summed E-state index contributed by atoms with van der Waals surface area (Å²) in [5, 5.41) is 5.50. The zero-order chi connectivity index (χ0) is 18.2. The number of hydrogen-bond acceptors (Lipinski definition) is 5. The molecule has 2 rings (SSSR count). The third-order valence-electron chi connectivity index (χ3n) is 4.33. The largest absolute Gasteiger partial charge is 0.497 e. The lowest BCUT2D eigenvalue weighted by molar-refractivity contribution is -0.123. The molecule has 0 saturated carbocycles. The molecule has 1 aliphatic rings. The van der Waals surface area contributed by atoms with E-state index in [-0.39, 0.29) is 17.9 Å². The fourth-order valence-corrected chi connectivity index (χ4v) is 3.15.